The molecule has 0 bridgehead atoms. The summed E-state index contributed by atoms with van der Waals surface area (Å²) in [6.07, 6.45) is 2.18. The highest BCUT2D eigenvalue weighted by atomic mass is 16.4. The monoisotopic (exact) mass is 368 g/mol. The number of nitrogens with two attached hydrogens (primary N) is 1. The lowest BCUT2D eigenvalue weighted by Gasteiger charge is -2.14. The zero-order valence-electron chi connectivity index (χ0n) is 15.2. The van der Waals surface area contributed by atoms with E-state index in [1.54, 1.807) is 24.3 Å². The van der Waals surface area contributed by atoms with Crippen molar-refractivity contribution in [3.05, 3.63) is 65.2 Å². The molecule has 0 radical (unpaired) electrons. The van der Waals surface area contributed by atoms with Gasteiger partial charge in [0.25, 0.3) is 5.91 Å². The van der Waals surface area contributed by atoms with Crippen molar-refractivity contribution in [2.75, 3.05) is 5.32 Å². The molecule has 0 heterocycles. The number of rotatable bonds is 9. The molecule has 7 heteroatoms. The summed E-state index contributed by atoms with van der Waals surface area (Å²) >= 11 is 0. The van der Waals surface area contributed by atoms with Gasteiger partial charge in [0.05, 0.1) is 6.42 Å². The fraction of sp³-hybridized carbons (Fsp3) is 0.250. The van der Waals surface area contributed by atoms with Crippen LogP contribution >= 0.6 is 0 Å². The molecule has 1 unspecified atom stereocenters. The number of hydrogen-bond donors (Lipinski definition) is 4. The highest BCUT2D eigenvalue weighted by Crippen LogP contribution is 2.24. The molecule has 2 aromatic rings. The Bertz CT molecular complexity index is 820. The number of aliphatic carboxylic acids is 1. The minimum Gasteiger partial charge on any atom is -0.481 e. The Hall–Kier alpha value is -3.35. The summed E-state index contributed by atoms with van der Waals surface area (Å²) in [5.74, 6) is 4.00. The van der Waals surface area contributed by atoms with Gasteiger partial charge in [-0.05, 0) is 41.7 Å². The van der Waals surface area contributed by atoms with Gasteiger partial charge in [-0.15, -0.1) is 0 Å². The number of nitrogens with zero attached hydrogens (tertiary/aromatic N) is 1. The number of carboxylic acids is 1. The molecule has 2 rings (SSSR count). The van der Waals surface area contributed by atoms with Crippen LogP contribution in [0.15, 0.2) is 53.6 Å². The number of amides is 1. The largest absolute Gasteiger partial charge is 0.481 e. The molecule has 0 saturated heterocycles. The molecule has 1 atom stereocenters. The Labute approximate surface area is 158 Å². The molecule has 1 amide bonds. The summed E-state index contributed by atoms with van der Waals surface area (Å²) in [5.41, 5.74) is 3.12. The van der Waals surface area contributed by atoms with E-state index in [-0.39, 0.29) is 18.2 Å². The van der Waals surface area contributed by atoms with Crippen LogP contribution in [0, 0.1) is 0 Å². The quantitative estimate of drug-likeness (QED) is 0.235. The maximum atomic E-state index is 12.4. The third kappa shape index (κ3) is 6.14. The molecule has 142 valence electrons. The standard InChI is InChI=1S/C20H24N4O3/c1-2-15(11-19(25)26)16-6-3-5-14(9-16)12-22-20(27)17-7-4-8-18(10-17)23-13-24-21/h3-10,13,15H,2,11-12,21H2,1H3,(H,22,27)(H,23,24)(H,25,26). The number of nitrogens with one attached hydrogen (secondary N) is 2. The van der Waals surface area contributed by atoms with E-state index < -0.39 is 5.97 Å². The molecule has 5 N–H and O–H groups in total. The lowest BCUT2D eigenvalue weighted by atomic mass is 9.92. The Balaban J connectivity index is 2.03. The van der Waals surface area contributed by atoms with Crippen molar-refractivity contribution in [1.29, 1.82) is 0 Å². The lowest BCUT2D eigenvalue weighted by molar-refractivity contribution is -0.137. The van der Waals surface area contributed by atoms with Crippen LogP contribution < -0.4 is 16.5 Å². The smallest absolute Gasteiger partial charge is 0.303 e. The van der Waals surface area contributed by atoms with E-state index in [1.165, 1.54) is 6.34 Å². The van der Waals surface area contributed by atoms with E-state index in [0.29, 0.717) is 17.8 Å². The molecular weight excluding hydrogens is 344 g/mol. The third-order valence-corrected chi connectivity index (χ3v) is 4.22. The first-order valence-corrected chi connectivity index (χ1v) is 8.70. The third-order valence-electron chi connectivity index (χ3n) is 4.22. The molecule has 0 aromatic heterocycles. The van der Waals surface area contributed by atoms with E-state index in [0.717, 1.165) is 17.5 Å². The number of hydrazone groups is 1. The highest BCUT2D eigenvalue weighted by molar-refractivity contribution is 5.95. The number of carbonyl (C=O) groups excluding carboxylic acids is 1. The van der Waals surface area contributed by atoms with Gasteiger partial charge in [-0.3, -0.25) is 9.59 Å². The van der Waals surface area contributed by atoms with Gasteiger partial charge < -0.3 is 21.6 Å². The second-order valence-electron chi connectivity index (χ2n) is 6.13. The first-order chi connectivity index (χ1) is 13.0. The number of carbonyl (C=O) groups is 2. The molecule has 27 heavy (non-hydrogen) atoms. The SMILES string of the molecule is CCC(CC(=O)O)c1cccc(CNC(=O)c2cccc(NC=NN)c2)c1. The van der Waals surface area contributed by atoms with Crippen molar-refractivity contribution in [2.45, 2.75) is 32.2 Å². The predicted octanol–water partition coefficient (Wildman–Crippen LogP) is 2.90. The Morgan fingerprint density at radius 3 is 2.70 bits per heavy atom. The van der Waals surface area contributed by atoms with Crippen molar-refractivity contribution in [3.63, 3.8) is 0 Å². The molecule has 0 fully saturated rings. The summed E-state index contributed by atoms with van der Waals surface area (Å²) in [7, 11) is 0. The fourth-order valence-corrected chi connectivity index (χ4v) is 2.81. The van der Waals surface area contributed by atoms with Crippen molar-refractivity contribution in [1.82, 2.24) is 5.32 Å². The average Bonchev–Trinajstić information content (AvgIpc) is 2.69. The van der Waals surface area contributed by atoms with Crippen LogP contribution in [-0.4, -0.2) is 23.3 Å². The van der Waals surface area contributed by atoms with Crippen molar-refractivity contribution in [3.8, 4) is 0 Å². The number of carboxylic acid groups (broad SMARTS) is 1. The minimum atomic E-state index is -0.811. The average molecular weight is 368 g/mol. The molecule has 2 aromatic carbocycles. The summed E-state index contributed by atoms with van der Waals surface area (Å²) in [5, 5.41) is 18.1. The molecule has 0 spiro atoms. The van der Waals surface area contributed by atoms with Crippen LogP contribution in [-0.2, 0) is 11.3 Å². The van der Waals surface area contributed by atoms with E-state index in [9.17, 15) is 9.59 Å². The molecule has 0 aliphatic heterocycles. The van der Waals surface area contributed by atoms with Crippen LogP contribution in [0.4, 0.5) is 5.69 Å². The van der Waals surface area contributed by atoms with Crippen LogP contribution in [0.3, 0.4) is 0 Å². The van der Waals surface area contributed by atoms with Gasteiger partial charge in [0, 0.05) is 17.8 Å². The van der Waals surface area contributed by atoms with E-state index in [4.69, 9.17) is 10.9 Å². The second kappa shape index (κ2) is 9.96. The Morgan fingerprint density at radius 2 is 2.00 bits per heavy atom. The van der Waals surface area contributed by atoms with E-state index in [1.807, 2.05) is 31.2 Å². The molecule has 0 saturated carbocycles. The molecule has 7 nitrogen and oxygen atoms in total. The van der Waals surface area contributed by atoms with Crippen molar-refractivity contribution < 1.29 is 14.7 Å². The normalized spacial score (nSPS) is 11.9. The Kier molecular flexibility index (Phi) is 7.37. The van der Waals surface area contributed by atoms with E-state index in [2.05, 4.69) is 15.7 Å². The second-order valence-corrected chi connectivity index (χ2v) is 6.13. The topological polar surface area (TPSA) is 117 Å². The maximum Gasteiger partial charge on any atom is 0.303 e. The van der Waals surface area contributed by atoms with Crippen LogP contribution in [0.5, 0.6) is 0 Å². The highest BCUT2D eigenvalue weighted by Gasteiger charge is 2.14. The maximum absolute atomic E-state index is 12.4. The predicted molar refractivity (Wildman–Crippen MR) is 106 cm³/mol. The van der Waals surface area contributed by atoms with Gasteiger partial charge in [0.15, 0.2) is 0 Å². The first-order valence-electron chi connectivity index (χ1n) is 8.70. The Morgan fingerprint density at radius 1 is 1.22 bits per heavy atom. The zero-order valence-corrected chi connectivity index (χ0v) is 15.2. The first kappa shape index (κ1) is 20.0. The van der Waals surface area contributed by atoms with Gasteiger partial charge in [-0.25, -0.2) is 0 Å². The molecule has 0 aliphatic carbocycles. The fourth-order valence-electron chi connectivity index (χ4n) is 2.81. The van der Waals surface area contributed by atoms with E-state index >= 15 is 0 Å². The summed E-state index contributed by atoms with van der Waals surface area (Å²) in [6, 6.07) is 14.7. The van der Waals surface area contributed by atoms with Gasteiger partial charge in [0.2, 0.25) is 0 Å². The minimum absolute atomic E-state index is 0.0369. The summed E-state index contributed by atoms with van der Waals surface area (Å²) < 4.78 is 0. The van der Waals surface area contributed by atoms with Gasteiger partial charge in [-0.2, -0.15) is 5.10 Å². The number of benzene rings is 2. The lowest BCUT2D eigenvalue weighted by Crippen LogP contribution is -2.23. The number of hydrogen-bond acceptors (Lipinski definition) is 4. The van der Waals surface area contributed by atoms with Crippen LogP contribution in [0.25, 0.3) is 0 Å². The van der Waals surface area contributed by atoms with Crippen molar-refractivity contribution in [2.24, 2.45) is 10.9 Å². The summed E-state index contributed by atoms with van der Waals surface area (Å²) in [4.78, 5) is 23.4. The van der Waals surface area contributed by atoms with Crippen molar-refractivity contribution >= 4 is 23.9 Å². The molecule has 0 aliphatic rings. The van der Waals surface area contributed by atoms with Gasteiger partial charge in [-0.1, -0.05) is 37.3 Å². The molecular formula is C20H24N4O3. The zero-order chi connectivity index (χ0) is 19.6. The van der Waals surface area contributed by atoms with Crippen LogP contribution in [0.1, 0.15) is 47.2 Å². The van der Waals surface area contributed by atoms with Crippen LogP contribution in [0.2, 0.25) is 0 Å². The summed E-state index contributed by atoms with van der Waals surface area (Å²) in [6.45, 7) is 2.33. The van der Waals surface area contributed by atoms with Gasteiger partial charge >= 0.3 is 5.97 Å². The van der Waals surface area contributed by atoms with Gasteiger partial charge in [0.1, 0.15) is 6.34 Å². The number of anilines is 1.